The number of aromatic nitrogens is 1. The maximum absolute atomic E-state index is 12.4. The van der Waals surface area contributed by atoms with Gasteiger partial charge in [0, 0.05) is 24.7 Å². The van der Waals surface area contributed by atoms with E-state index in [-0.39, 0.29) is 5.91 Å². The summed E-state index contributed by atoms with van der Waals surface area (Å²) in [6.45, 7) is 3.60. The van der Waals surface area contributed by atoms with Gasteiger partial charge in [0.25, 0.3) is 5.91 Å². The zero-order valence-electron chi connectivity index (χ0n) is 12.4. The monoisotopic (exact) mass is 283 g/mol. The number of pyridine rings is 1. The number of hydrogen-bond donors (Lipinski definition) is 2. The molecule has 0 bridgehead atoms. The van der Waals surface area contributed by atoms with Crippen molar-refractivity contribution in [3.05, 3.63) is 36.0 Å². The van der Waals surface area contributed by atoms with Crippen molar-refractivity contribution in [1.29, 1.82) is 0 Å². The first kappa shape index (κ1) is 13.9. The van der Waals surface area contributed by atoms with Crippen LogP contribution in [-0.4, -0.2) is 24.0 Å². The van der Waals surface area contributed by atoms with E-state index in [1.54, 1.807) is 6.20 Å². The SMILES string of the molecule is CCNc1ncc(C(=O)NCCC2CC2)c2ccccc12. The molecule has 2 N–H and O–H groups in total. The second kappa shape index (κ2) is 6.12. The van der Waals surface area contributed by atoms with Gasteiger partial charge >= 0.3 is 0 Å². The summed E-state index contributed by atoms with van der Waals surface area (Å²) in [6.07, 6.45) is 5.40. The van der Waals surface area contributed by atoms with Gasteiger partial charge in [-0.1, -0.05) is 37.1 Å². The Morgan fingerprint density at radius 1 is 1.29 bits per heavy atom. The number of nitrogens with one attached hydrogen (secondary N) is 2. The highest BCUT2D eigenvalue weighted by atomic mass is 16.1. The summed E-state index contributed by atoms with van der Waals surface area (Å²) in [5, 5.41) is 8.20. The van der Waals surface area contributed by atoms with E-state index in [1.807, 2.05) is 31.2 Å². The molecule has 1 heterocycles. The number of carbonyl (C=O) groups is 1. The van der Waals surface area contributed by atoms with Gasteiger partial charge in [0.15, 0.2) is 0 Å². The average Bonchev–Trinajstić information content (AvgIpc) is 3.32. The lowest BCUT2D eigenvalue weighted by Crippen LogP contribution is -2.25. The second-order valence-electron chi connectivity index (χ2n) is 5.58. The van der Waals surface area contributed by atoms with Crippen LogP contribution in [0, 0.1) is 5.92 Å². The van der Waals surface area contributed by atoms with Crippen molar-refractivity contribution in [1.82, 2.24) is 10.3 Å². The number of fused-ring (bicyclic) bond motifs is 1. The first-order valence-corrected chi connectivity index (χ1v) is 7.69. The van der Waals surface area contributed by atoms with Gasteiger partial charge in [-0.2, -0.15) is 0 Å². The standard InChI is InChI=1S/C17H21N3O/c1-2-18-16-14-6-4-3-5-13(14)15(11-20-16)17(21)19-10-9-12-7-8-12/h3-6,11-12H,2,7-10H2,1H3,(H,18,20)(H,19,21). The van der Waals surface area contributed by atoms with Crippen LogP contribution in [0.25, 0.3) is 10.8 Å². The Morgan fingerprint density at radius 3 is 2.76 bits per heavy atom. The van der Waals surface area contributed by atoms with E-state index in [0.29, 0.717) is 5.56 Å². The molecule has 1 amide bonds. The molecular weight excluding hydrogens is 262 g/mol. The molecule has 4 heteroatoms. The lowest BCUT2D eigenvalue weighted by atomic mass is 10.1. The molecule has 0 saturated heterocycles. The van der Waals surface area contributed by atoms with Crippen molar-refractivity contribution >= 4 is 22.5 Å². The lowest BCUT2D eigenvalue weighted by Gasteiger charge is -2.11. The zero-order valence-corrected chi connectivity index (χ0v) is 12.4. The molecule has 1 fully saturated rings. The Bertz CT molecular complexity index is 650. The van der Waals surface area contributed by atoms with Crippen LogP contribution < -0.4 is 10.6 Å². The third kappa shape index (κ3) is 3.15. The fourth-order valence-corrected chi connectivity index (χ4v) is 2.57. The van der Waals surface area contributed by atoms with Crippen molar-refractivity contribution < 1.29 is 4.79 Å². The molecule has 0 aliphatic heterocycles. The van der Waals surface area contributed by atoms with E-state index >= 15 is 0 Å². The van der Waals surface area contributed by atoms with Crippen molar-refractivity contribution in [2.24, 2.45) is 5.92 Å². The van der Waals surface area contributed by atoms with Gasteiger partial charge < -0.3 is 10.6 Å². The Hall–Kier alpha value is -2.10. The topological polar surface area (TPSA) is 54.0 Å². The van der Waals surface area contributed by atoms with Crippen LogP contribution >= 0.6 is 0 Å². The minimum absolute atomic E-state index is 0.0256. The second-order valence-corrected chi connectivity index (χ2v) is 5.58. The molecule has 0 radical (unpaired) electrons. The summed E-state index contributed by atoms with van der Waals surface area (Å²) in [7, 11) is 0. The Morgan fingerprint density at radius 2 is 2.05 bits per heavy atom. The minimum atomic E-state index is -0.0256. The molecule has 0 spiro atoms. The molecule has 1 aliphatic rings. The highest BCUT2D eigenvalue weighted by molar-refractivity contribution is 6.09. The fraction of sp³-hybridized carbons (Fsp3) is 0.412. The van der Waals surface area contributed by atoms with Crippen LogP contribution in [0.2, 0.25) is 0 Å². The van der Waals surface area contributed by atoms with Gasteiger partial charge in [0.1, 0.15) is 5.82 Å². The molecule has 1 saturated carbocycles. The first-order valence-electron chi connectivity index (χ1n) is 7.69. The molecule has 1 aromatic heterocycles. The van der Waals surface area contributed by atoms with Gasteiger partial charge in [-0.15, -0.1) is 0 Å². The molecule has 2 aromatic rings. The largest absolute Gasteiger partial charge is 0.370 e. The number of nitrogens with zero attached hydrogens (tertiary/aromatic N) is 1. The highest BCUT2D eigenvalue weighted by Gasteiger charge is 2.21. The molecule has 4 nitrogen and oxygen atoms in total. The van der Waals surface area contributed by atoms with Crippen LogP contribution in [-0.2, 0) is 0 Å². The third-order valence-corrected chi connectivity index (χ3v) is 3.92. The molecule has 0 atom stereocenters. The molecule has 110 valence electrons. The summed E-state index contributed by atoms with van der Waals surface area (Å²) in [5.41, 5.74) is 0.656. The van der Waals surface area contributed by atoms with Crippen LogP contribution in [0.15, 0.2) is 30.5 Å². The van der Waals surface area contributed by atoms with Crippen molar-refractivity contribution in [3.63, 3.8) is 0 Å². The van der Waals surface area contributed by atoms with E-state index in [9.17, 15) is 4.79 Å². The van der Waals surface area contributed by atoms with Gasteiger partial charge in [-0.05, 0) is 24.6 Å². The van der Waals surface area contributed by atoms with Crippen LogP contribution in [0.4, 0.5) is 5.82 Å². The quantitative estimate of drug-likeness (QED) is 0.856. The molecular formula is C17H21N3O. The van der Waals surface area contributed by atoms with Crippen molar-refractivity contribution in [3.8, 4) is 0 Å². The number of carbonyl (C=O) groups excluding carboxylic acids is 1. The van der Waals surface area contributed by atoms with Crippen molar-refractivity contribution in [2.45, 2.75) is 26.2 Å². The highest BCUT2D eigenvalue weighted by Crippen LogP contribution is 2.31. The Labute approximate surface area is 125 Å². The van der Waals surface area contributed by atoms with Gasteiger partial charge in [0.05, 0.1) is 5.56 Å². The Kier molecular flexibility index (Phi) is 4.04. The molecule has 1 aromatic carbocycles. The maximum atomic E-state index is 12.4. The predicted octanol–water partition coefficient (Wildman–Crippen LogP) is 3.20. The summed E-state index contributed by atoms with van der Waals surface area (Å²) in [6, 6.07) is 7.91. The van der Waals surface area contributed by atoms with Crippen molar-refractivity contribution in [2.75, 3.05) is 18.4 Å². The summed E-state index contributed by atoms with van der Waals surface area (Å²) in [5.74, 6) is 1.64. The number of amides is 1. The Balaban J connectivity index is 1.83. The average molecular weight is 283 g/mol. The lowest BCUT2D eigenvalue weighted by molar-refractivity contribution is 0.0954. The zero-order chi connectivity index (χ0) is 14.7. The van der Waals surface area contributed by atoms with E-state index in [0.717, 1.165) is 42.0 Å². The summed E-state index contributed by atoms with van der Waals surface area (Å²) < 4.78 is 0. The molecule has 3 rings (SSSR count). The molecule has 0 unspecified atom stereocenters. The van der Waals surface area contributed by atoms with E-state index in [4.69, 9.17) is 0 Å². The van der Waals surface area contributed by atoms with E-state index < -0.39 is 0 Å². The number of hydrogen-bond acceptors (Lipinski definition) is 3. The summed E-state index contributed by atoms with van der Waals surface area (Å²) in [4.78, 5) is 16.8. The van der Waals surface area contributed by atoms with Gasteiger partial charge in [0.2, 0.25) is 0 Å². The maximum Gasteiger partial charge on any atom is 0.253 e. The molecule has 1 aliphatic carbocycles. The van der Waals surface area contributed by atoms with E-state index in [2.05, 4.69) is 15.6 Å². The molecule has 21 heavy (non-hydrogen) atoms. The predicted molar refractivity (Wildman–Crippen MR) is 85.6 cm³/mol. The fourth-order valence-electron chi connectivity index (χ4n) is 2.57. The number of benzene rings is 1. The summed E-state index contributed by atoms with van der Waals surface area (Å²) >= 11 is 0. The number of anilines is 1. The van der Waals surface area contributed by atoms with Gasteiger partial charge in [-0.3, -0.25) is 4.79 Å². The normalized spacial score (nSPS) is 14.1. The third-order valence-electron chi connectivity index (χ3n) is 3.92. The minimum Gasteiger partial charge on any atom is -0.370 e. The van der Waals surface area contributed by atoms with E-state index in [1.165, 1.54) is 12.8 Å². The van der Waals surface area contributed by atoms with Gasteiger partial charge in [-0.25, -0.2) is 4.98 Å². The van der Waals surface area contributed by atoms with Crippen LogP contribution in [0.3, 0.4) is 0 Å². The van der Waals surface area contributed by atoms with Crippen LogP contribution in [0.1, 0.15) is 36.5 Å². The smallest absolute Gasteiger partial charge is 0.253 e. The first-order chi connectivity index (χ1) is 10.3. The van der Waals surface area contributed by atoms with Crippen LogP contribution in [0.5, 0.6) is 0 Å². The number of rotatable bonds is 6.